The van der Waals surface area contributed by atoms with Crippen molar-refractivity contribution < 1.29 is 9.53 Å². The van der Waals surface area contributed by atoms with Crippen LogP contribution in [0.4, 0.5) is 0 Å². The number of rotatable bonds is 7. The van der Waals surface area contributed by atoms with E-state index in [9.17, 15) is 4.79 Å². The van der Waals surface area contributed by atoms with Crippen molar-refractivity contribution in [2.45, 2.75) is 45.8 Å². The molecular formula is C10H21NO2. The van der Waals surface area contributed by atoms with E-state index in [1.807, 2.05) is 14.0 Å². The Kier molecular flexibility index (Phi) is 6.82. The molecule has 0 radical (unpaired) electrons. The number of carbonyl (C=O) groups excluding carboxylic acids is 1. The first-order valence-electron chi connectivity index (χ1n) is 4.84. The number of carbonyl (C=O) groups is 1. The summed E-state index contributed by atoms with van der Waals surface area (Å²) in [6.07, 6.45) is 1.56. The zero-order chi connectivity index (χ0) is 10.3. The van der Waals surface area contributed by atoms with E-state index in [1.165, 1.54) is 0 Å². The Morgan fingerprint density at radius 1 is 1.46 bits per heavy atom. The first-order chi connectivity index (χ1) is 6.06. The zero-order valence-corrected chi connectivity index (χ0v) is 9.09. The molecule has 0 saturated carbocycles. The van der Waals surface area contributed by atoms with Crippen LogP contribution in [-0.4, -0.2) is 31.6 Å². The van der Waals surface area contributed by atoms with Crippen molar-refractivity contribution in [1.82, 2.24) is 5.32 Å². The maximum atomic E-state index is 10.7. The minimum Gasteiger partial charge on any atom is -0.378 e. The van der Waals surface area contributed by atoms with Crippen molar-refractivity contribution in [3.05, 3.63) is 0 Å². The van der Waals surface area contributed by atoms with Crippen molar-refractivity contribution in [2.24, 2.45) is 0 Å². The highest BCUT2D eigenvalue weighted by molar-refractivity contribution is 5.75. The van der Waals surface area contributed by atoms with Crippen LogP contribution < -0.4 is 5.32 Å². The average molecular weight is 187 g/mol. The van der Waals surface area contributed by atoms with Gasteiger partial charge in [0.1, 0.15) is 5.78 Å². The number of hydrogen-bond acceptors (Lipinski definition) is 3. The van der Waals surface area contributed by atoms with E-state index in [0.717, 1.165) is 13.0 Å². The monoisotopic (exact) mass is 187 g/mol. The van der Waals surface area contributed by atoms with E-state index in [0.29, 0.717) is 12.5 Å². The maximum Gasteiger partial charge on any atom is 0.132 e. The van der Waals surface area contributed by atoms with Gasteiger partial charge in [-0.25, -0.2) is 0 Å². The Morgan fingerprint density at radius 3 is 2.54 bits per heavy atom. The Morgan fingerprint density at radius 2 is 2.08 bits per heavy atom. The van der Waals surface area contributed by atoms with Gasteiger partial charge in [-0.2, -0.15) is 0 Å². The SMILES string of the molecule is CNC(C)CCOC(C)CC(C)=O. The van der Waals surface area contributed by atoms with E-state index >= 15 is 0 Å². The standard InChI is InChI=1S/C10H21NO2/c1-8(11-4)5-6-13-10(3)7-9(2)12/h8,10-11H,5-7H2,1-4H3. The van der Waals surface area contributed by atoms with Crippen LogP contribution in [0.1, 0.15) is 33.6 Å². The lowest BCUT2D eigenvalue weighted by molar-refractivity contribution is -0.119. The van der Waals surface area contributed by atoms with Gasteiger partial charge in [-0.15, -0.1) is 0 Å². The van der Waals surface area contributed by atoms with Crippen LogP contribution in [0.5, 0.6) is 0 Å². The largest absolute Gasteiger partial charge is 0.378 e. The van der Waals surface area contributed by atoms with Gasteiger partial charge in [0.2, 0.25) is 0 Å². The summed E-state index contributed by atoms with van der Waals surface area (Å²) in [5, 5.41) is 3.13. The highest BCUT2D eigenvalue weighted by Crippen LogP contribution is 2.00. The molecule has 0 aliphatic heterocycles. The molecule has 1 N–H and O–H groups in total. The van der Waals surface area contributed by atoms with Gasteiger partial charge in [-0.1, -0.05) is 0 Å². The second-order valence-corrected chi connectivity index (χ2v) is 3.57. The second kappa shape index (κ2) is 7.04. The summed E-state index contributed by atoms with van der Waals surface area (Å²) in [6.45, 7) is 6.36. The predicted octanol–water partition coefficient (Wildman–Crippen LogP) is 1.37. The fourth-order valence-corrected chi connectivity index (χ4v) is 1.05. The first-order valence-corrected chi connectivity index (χ1v) is 4.84. The minimum absolute atomic E-state index is 0.0570. The molecule has 0 rings (SSSR count). The summed E-state index contributed by atoms with van der Waals surface area (Å²) in [5.41, 5.74) is 0. The molecule has 0 aromatic heterocycles. The summed E-state index contributed by atoms with van der Waals surface area (Å²) in [4.78, 5) is 10.7. The molecule has 3 heteroatoms. The molecule has 0 aliphatic rings. The molecule has 0 aromatic carbocycles. The third kappa shape index (κ3) is 7.94. The number of ether oxygens (including phenoxy) is 1. The summed E-state index contributed by atoms with van der Waals surface area (Å²) in [7, 11) is 1.93. The van der Waals surface area contributed by atoms with Gasteiger partial charge in [0, 0.05) is 19.1 Å². The molecule has 0 saturated heterocycles. The van der Waals surface area contributed by atoms with Crippen LogP contribution in [0.15, 0.2) is 0 Å². The van der Waals surface area contributed by atoms with Crippen LogP contribution in [0, 0.1) is 0 Å². The van der Waals surface area contributed by atoms with Crippen LogP contribution in [-0.2, 0) is 9.53 Å². The normalized spacial score (nSPS) is 15.4. The summed E-state index contributed by atoms with van der Waals surface area (Å²) < 4.78 is 5.46. The smallest absolute Gasteiger partial charge is 0.132 e. The van der Waals surface area contributed by atoms with Gasteiger partial charge < -0.3 is 10.1 Å². The van der Waals surface area contributed by atoms with Crippen molar-refractivity contribution in [1.29, 1.82) is 0 Å². The fourth-order valence-electron chi connectivity index (χ4n) is 1.05. The lowest BCUT2D eigenvalue weighted by atomic mass is 10.2. The van der Waals surface area contributed by atoms with E-state index < -0.39 is 0 Å². The maximum absolute atomic E-state index is 10.7. The van der Waals surface area contributed by atoms with Crippen LogP contribution in [0.3, 0.4) is 0 Å². The number of ketones is 1. The van der Waals surface area contributed by atoms with Crippen LogP contribution >= 0.6 is 0 Å². The third-order valence-electron chi connectivity index (χ3n) is 2.02. The van der Waals surface area contributed by atoms with Gasteiger partial charge in [0.15, 0.2) is 0 Å². The highest BCUT2D eigenvalue weighted by Gasteiger charge is 2.05. The molecule has 0 bridgehead atoms. The average Bonchev–Trinajstić information content (AvgIpc) is 2.02. The Balaban J connectivity index is 3.36. The lowest BCUT2D eigenvalue weighted by Gasteiger charge is -2.14. The molecule has 13 heavy (non-hydrogen) atoms. The molecule has 78 valence electrons. The highest BCUT2D eigenvalue weighted by atomic mass is 16.5. The van der Waals surface area contributed by atoms with Crippen LogP contribution in [0.2, 0.25) is 0 Å². The molecule has 2 unspecified atom stereocenters. The van der Waals surface area contributed by atoms with Gasteiger partial charge in [-0.3, -0.25) is 4.79 Å². The minimum atomic E-state index is 0.0570. The molecule has 0 heterocycles. The van der Waals surface area contributed by atoms with Gasteiger partial charge in [-0.05, 0) is 34.2 Å². The topological polar surface area (TPSA) is 38.3 Å². The first kappa shape index (κ1) is 12.6. The number of Topliss-reactive ketones (excluding diaryl/α,β-unsaturated/α-hetero) is 1. The zero-order valence-electron chi connectivity index (χ0n) is 9.09. The lowest BCUT2D eigenvalue weighted by Crippen LogP contribution is -2.24. The Labute approximate surface area is 80.8 Å². The molecule has 3 nitrogen and oxygen atoms in total. The molecule has 0 fully saturated rings. The van der Waals surface area contributed by atoms with E-state index in [-0.39, 0.29) is 11.9 Å². The van der Waals surface area contributed by atoms with E-state index in [2.05, 4.69) is 12.2 Å². The van der Waals surface area contributed by atoms with E-state index in [1.54, 1.807) is 6.92 Å². The van der Waals surface area contributed by atoms with E-state index in [4.69, 9.17) is 4.74 Å². The molecular weight excluding hydrogens is 166 g/mol. The van der Waals surface area contributed by atoms with Crippen LogP contribution in [0.25, 0.3) is 0 Å². The summed E-state index contributed by atoms with van der Waals surface area (Å²) in [5.74, 6) is 0.189. The van der Waals surface area contributed by atoms with Crippen molar-refractivity contribution >= 4 is 5.78 Å². The molecule has 0 aromatic rings. The number of nitrogens with one attached hydrogen (secondary N) is 1. The molecule has 2 atom stereocenters. The van der Waals surface area contributed by atoms with Crippen molar-refractivity contribution in [3.8, 4) is 0 Å². The Hall–Kier alpha value is -0.410. The molecule has 0 spiro atoms. The Bertz CT molecular complexity index is 148. The number of hydrogen-bond donors (Lipinski definition) is 1. The predicted molar refractivity (Wildman–Crippen MR) is 53.9 cm³/mol. The summed E-state index contributed by atoms with van der Waals surface area (Å²) >= 11 is 0. The van der Waals surface area contributed by atoms with Crippen molar-refractivity contribution in [3.63, 3.8) is 0 Å². The van der Waals surface area contributed by atoms with Gasteiger partial charge >= 0.3 is 0 Å². The third-order valence-corrected chi connectivity index (χ3v) is 2.02. The molecule has 0 amide bonds. The summed E-state index contributed by atoms with van der Waals surface area (Å²) in [6, 6.07) is 0.476. The fraction of sp³-hybridized carbons (Fsp3) is 0.900. The van der Waals surface area contributed by atoms with Crippen molar-refractivity contribution in [2.75, 3.05) is 13.7 Å². The van der Waals surface area contributed by atoms with Gasteiger partial charge in [0.25, 0.3) is 0 Å². The second-order valence-electron chi connectivity index (χ2n) is 3.57. The van der Waals surface area contributed by atoms with Gasteiger partial charge in [0.05, 0.1) is 6.10 Å². The quantitative estimate of drug-likeness (QED) is 0.654. The molecule has 0 aliphatic carbocycles.